The molecule has 120 valence electrons. The van der Waals surface area contributed by atoms with E-state index in [1.54, 1.807) is 0 Å². The van der Waals surface area contributed by atoms with Crippen LogP contribution in [0.4, 0.5) is 0 Å². The Morgan fingerprint density at radius 1 is 1.00 bits per heavy atom. The first-order chi connectivity index (χ1) is 11.2. The van der Waals surface area contributed by atoms with Gasteiger partial charge < -0.3 is 0 Å². The average molecular weight is 308 g/mol. The van der Waals surface area contributed by atoms with Crippen molar-refractivity contribution in [1.82, 2.24) is 5.01 Å². The molecular weight excluding hydrogens is 284 g/mol. The molecule has 0 saturated heterocycles. The molecule has 4 bridgehead atoms. The summed E-state index contributed by atoms with van der Waals surface area (Å²) in [5.74, 6) is 2.71. The number of nitrogens with zero attached hydrogens (tertiary/aromatic N) is 2. The minimum absolute atomic E-state index is 0.0938. The van der Waals surface area contributed by atoms with Crippen molar-refractivity contribution in [1.29, 1.82) is 0 Å². The first-order valence-corrected chi connectivity index (χ1v) is 9.14. The molecule has 4 fully saturated rings. The fourth-order valence-corrected chi connectivity index (χ4v) is 6.18. The number of hydrazone groups is 1. The zero-order chi connectivity index (χ0) is 15.4. The predicted octanol–water partition coefficient (Wildman–Crippen LogP) is 4.16. The predicted molar refractivity (Wildman–Crippen MR) is 89.7 cm³/mol. The van der Waals surface area contributed by atoms with Crippen LogP contribution in [-0.4, -0.2) is 17.1 Å². The number of benzene rings is 1. The fraction of sp³-hybridized carbons (Fsp3) is 0.600. The van der Waals surface area contributed by atoms with E-state index in [9.17, 15) is 4.79 Å². The number of carbonyl (C=O) groups is 1. The smallest absolute Gasteiger partial charge is 0.249 e. The number of rotatable bonds is 2. The van der Waals surface area contributed by atoms with Gasteiger partial charge in [-0.05, 0) is 61.8 Å². The number of carbonyl (C=O) groups excluding carboxylic acids is 1. The zero-order valence-electron chi connectivity index (χ0n) is 13.5. The van der Waals surface area contributed by atoms with E-state index in [0.717, 1.165) is 43.4 Å². The molecule has 1 heterocycles. The quantitative estimate of drug-likeness (QED) is 0.807. The van der Waals surface area contributed by atoms with Gasteiger partial charge in [0.25, 0.3) is 0 Å². The monoisotopic (exact) mass is 308 g/mol. The summed E-state index contributed by atoms with van der Waals surface area (Å²) in [6, 6.07) is 10.5. The maximum atomic E-state index is 13.5. The van der Waals surface area contributed by atoms with Crippen LogP contribution < -0.4 is 0 Å². The second kappa shape index (κ2) is 4.93. The first kappa shape index (κ1) is 13.8. The molecule has 0 N–H and O–H groups in total. The third-order valence-electron chi connectivity index (χ3n) is 6.71. The van der Waals surface area contributed by atoms with Gasteiger partial charge >= 0.3 is 0 Å². The van der Waals surface area contributed by atoms with Gasteiger partial charge in [0.1, 0.15) is 0 Å². The Morgan fingerprint density at radius 2 is 1.61 bits per heavy atom. The summed E-state index contributed by atoms with van der Waals surface area (Å²) in [5, 5.41) is 6.35. The van der Waals surface area contributed by atoms with E-state index in [-0.39, 0.29) is 11.5 Å². The number of hydrogen-bond donors (Lipinski definition) is 0. The molecular formula is C20H24N2O. The van der Waals surface area contributed by atoms with Gasteiger partial charge in [-0.25, -0.2) is 5.01 Å². The third-order valence-corrected chi connectivity index (χ3v) is 6.71. The summed E-state index contributed by atoms with van der Waals surface area (Å²) in [6.45, 7) is 0. The van der Waals surface area contributed by atoms with Crippen molar-refractivity contribution < 1.29 is 4.79 Å². The highest BCUT2D eigenvalue weighted by atomic mass is 16.2. The summed E-state index contributed by atoms with van der Waals surface area (Å²) in [7, 11) is 0. The van der Waals surface area contributed by atoms with Crippen LogP contribution in [0.3, 0.4) is 0 Å². The van der Waals surface area contributed by atoms with Gasteiger partial charge in [0.2, 0.25) is 5.91 Å². The summed E-state index contributed by atoms with van der Waals surface area (Å²) < 4.78 is 0. The average Bonchev–Trinajstić information content (AvgIpc) is 3.03. The third kappa shape index (κ3) is 2.09. The van der Waals surface area contributed by atoms with Crippen LogP contribution in [0.5, 0.6) is 0 Å². The van der Waals surface area contributed by atoms with Crippen LogP contribution >= 0.6 is 0 Å². The lowest BCUT2D eigenvalue weighted by Gasteiger charge is -2.56. The lowest BCUT2D eigenvalue weighted by molar-refractivity contribution is -0.159. The van der Waals surface area contributed by atoms with Crippen molar-refractivity contribution in [2.24, 2.45) is 28.3 Å². The van der Waals surface area contributed by atoms with Gasteiger partial charge in [-0.3, -0.25) is 4.79 Å². The number of amides is 1. The van der Waals surface area contributed by atoms with Crippen molar-refractivity contribution in [2.45, 2.75) is 51.0 Å². The van der Waals surface area contributed by atoms with Gasteiger partial charge in [-0.15, -0.1) is 0 Å². The van der Waals surface area contributed by atoms with Crippen molar-refractivity contribution in [3.05, 3.63) is 35.9 Å². The molecule has 1 aromatic rings. The normalized spacial score (nSPS) is 40.8. The molecule has 3 nitrogen and oxygen atoms in total. The van der Waals surface area contributed by atoms with Crippen LogP contribution in [0, 0.1) is 23.2 Å². The molecule has 0 aromatic heterocycles. The Kier molecular flexibility index (Phi) is 2.95. The topological polar surface area (TPSA) is 32.7 Å². The Hall–Kier alpha value is -1.64. The SMILES string of the molecule is O=C(N1N=CC[C@H]1c1ccccc1)C12CC3CC(CC(C3)C1)C2. The van der Waals surface area contributed by atoms with Crippen LogP contribution in [0.15, 0.2) is 35.4 Å². The molecule has 0 spiro atoms. The molecule has 0 unspecified atom stereocenters. The molecule has 6 rings (SSSR count). The molecule has 23 heavy (non-hydrogen) atoms. The van der Waals surface area contributed by atoms with E-state index in [2.05, 4.69) is 29.4 Å². The van der Waals surface area contributed by atoms with Crippen molar-refractivity contribution >= 4 is 12.1 Å². The van der Waals surface area contributed by atoms with Crippen molar-refractivity contribution in [3.63, 3.8) is 0 Å². The molecule has 1 aliphatic heterocycles. The standard InChI is InChI=1S/C20H24N2O/c23-19(20-11-14-8-15(12-20)10-16(9-14)13-20)22-18(6-7-21-22)17-4-2-1-3-5-17/h1-5,7,14-16,18H,6,8-13H2/t14?,15?,16?,18-,20?/m0/s1. The van der Waals surface area contributed by atoms with Gasteiger partial charge in [-0.2, -0.15) is 5.10 Å². The number of hydrogen-bond acceptors (Lipinski definition) is 2. The molecule has 4 saturated carbocycles. The Morgan fingerprint density at radius 3 is 2.22 bits per heavy atom. The van der Waals surface area contributed by atoms with Crippen LogP contribution in [0.2, 0.25) is 0 Å². The highest BCUT2D eigenvalue weighted by molar-refractivity contribution is 5.85. The lowest BCUT2D eigenvalue weighted by Crippen LogP contribution is -2.53. The Bertz CT molecular complexity index is 616. The Labute approximate surface area is 137 Å². The zero-order valence-corrected chi connectivity index (χ0v) is 13.5. The first-order valence-electron chi connectivity index (χ1n) is 9.14. The molecule has 4 aliphatic carbocycles. The van der Waals surface area contributed by atoms with E-state index in [4.69, 9.17) is 0 Å². The van der Waals surface area contributed by atoms with Crippen LogP contribution in [0.1, 0.15) is 56.6 Å². The largest absolute Gasteiger partial charge is 0.272 e. The van der Waals surface area contributed by atoms with E-state index < -0.39 is 0 Å². The Balaban J connectivity index is 1.45. The van der Waals surface area contributed by atoms with E-state index in [1.807, 2.05) is 17.3 Å². The molecule has 1 atom stereocenters. The van der Waals surface area contributed by atoms with E-state index >= 15 is 0 Å². The second-order valence-corrected chi connectivity index (χ2v) is 8.31. The van der Waals surface area contributed by atoms with Crippen LogP contribution in [-0.2, 0) is 4.79 Å². The summed E-state index contributed by atoms with van der Waals surface area (Å²) >= 11 is 0. The maximum Gasteiger partial charge on any atom is 0.249 e. The maximum absolute atomic E-state index is 13.5. The minimum atomic E-state index is -0.0938. The molecule has 1 aromatic carbocycles. The van der Waals surface area contributed by atoms with Gasteiger partial charge in [0.15, 0.2) is 0 Å². The summed E-state index contributed by atoms with van der Waals surface area (Å²) in [4.78, 5) is 13.5. The fourth-order valence-electron chi connectivity index (χ4n) is 6.18. The minimum Gasteiger partial charge on any atom is -0.272 e. The van der Waals surface area contributed by atoms with Crippen LogP contribution in [0.25, 0.3) is 0 Å². The molecule has 0 radical (unpaired) electrons. The molecule has 1 amide bonds. The highest BCUT2D eigenvalue weighted by Gasteiger charge is 2.56. The van der Waals surface area contributed by atoms with E-state index in [1.165, 1.54) is 24.8 Å². The van der Waals surface area contributed by atoms with Gasteiger partial charge in [0.05, 0.1) is 11.5 Å². The highest BCUT2D eigenvalue weighted by Crippen LogP contribution is 2.61. The van der Waals surface area contributed by atoms with Crippen molar-refractivity contribution in [2.75, 3.05) is 0 Å². The summed E-state index contributed by atoms with van der Waals surface area (Å²) in [5.41, 5.74) is 1.12. The molecule has 3 heteroatoms. The second-order valence-electron chi connectivity index (χ2n) is 8.31. The van der Waals surface area contributed by atoms with Crippen molar-refractivity contribution in [3.8, 4) is 0 Å². The van der Waals surface area contributed by atoms with Gasteiger partial charge in [0, 0.05) is 12.6 Å². The van der Waals surface area contributed by atoms with Gasteiger partial charge in [-0.1, -0.05) is 30.3 Å². The van der Waals surface area contributed by atoms with E-state index in [0.29, 0.717) is 5.91 Å². The lowest BCUT2D eigenvalue weighted by atomic mass is 9.49. The summed E-state index contributed by atoms with van der Waals surface area (Å²) in [6.07, 6.45) is 10.2. The molecule has 5 aliphatic rings.